The molecule has 1 fully saturated rings. The molecule has 1 aliphatic carbocycles. The summed E-state index contributed by atoms with van der Waals surface area (Å²) in [6.07, 6.45) is 2.36. The van der Waals surface area contributed by atoms with E-state index in [1.807, 2.05) is 36.0 Å². The van der Waals surface area contributed by atoms with Crippen LogP contribution in [0, 0.1) is 0 Å². The van der Waals surface area contributed by atoms with Crippen LogP contribution < -0.4 is 5.73 Å². The molecular formula is C14H18ClNO2S. The molecule has 0 aliphatic heterocycles. The van der Waals surface area contributed by atoms with Gasteiger partial charge in [0.2, 0.25) is 0 Å². The molecule has 0 amide bonds. The summed E-state index contributed by atoms with van der Waals surface area (Å²) in [7, 11) is 1.39. The predicted octanol–water partition coefficient (Wildman–Crippen LogP) is 3.00. The molecule has 2 atom stereocenters. The van der Waals surface area contributed by atoms with Gasteiger partial charge in [0.05, 0.1) is 7.11 Å². The number of benzene rings is 1. The van der Waals surface area contributed by atoms with Gasteiger partial charge in [-0.25, -0.2) is 0 Å². The Balaban J connectivity index is 1.85. The van der Waals surface area contributed by atoms with E-state index in [9.17, 15) is 4.79 Å². The lowest BCUT2D eigenvalue weighted by atomic mass is 10.00. The first-order valence-corrected chi connectivity index (χ1v) is 7.69. The van der Waals surface area contributed by atoms with Crippen molar-refractivity contribution in [2.24, 2.45) is 5.73 Å². The van der Waals surface area contributed by atoms with E-state index >= 15 is 0 Å². The predicted molar refractivity (Wildman–Crippen MR) is 79.3 cm³/mol. The van der Waals surface area contributed by atoms with E-state index in [4.69, 9.17) is 22.1 Å². The smallest absolute Gasteiger partial charge is 0.325 e. The maximum atomic E-state index is 11.6. The normalized spacial score (nSPS) is 26.4. The lowest BCUT2D eigenvalue weighted by molar-refractivity contribution is -0.146. The van der Waals surface area contributed by atoms with Crippen molar-refractivity contribution < 1.29 is 9.53 Å². The molecule has 3 nitrogen and oxygen atoms in total. The summed E-state index contributed by atoms with van der Waals surface area (Å²) in [6.45, 7) is 0. The molecule has 0 spiro atoms. The van der Waals surface area contributed by atoms with Gasteiger partial charge in [0, 0.05) is 16.0 Å². The van der Waals surface area contributed by atoms with Crippen LogP contribution in [0.4, 0.5) is 0 Å². The Hall–Kier alpha value is -0.710. The van der Waals surface area contributed by atoms with E-state index in [0.29, 0.717) is 18.1 Å². The average molecular weight is 300 g/mol. The molecule has 104 valence electrons. The van der Waals surface area contributed by atoms with Crippen molar-refractivity contribution in [1.29, 1.82) is 0 Å². The maximum Gasteiger partial charge on any atom is 0.325 e. The van der Waals surface area contributed by atoms with E-state index in [1.54, 1.807) is 0 Å². The number of halogens is 1. The summed E-state index contributed by atoms with van der Waals surface area (Å²) in [5, 5.41) is 1.17. The van der Waals surface area contributed by atoms with E-state index < -0.39 is 5.54 Å². The molecule has 0 bridgehead atoms. The minimum Gasteiger partial charge on any atom is -0.468 e. The SMILES string of the molecule is COC(=O)C1(N)CCC(SCc2ccc(Cl)cc2)C1. The van der Waals surface area contributed by atoms with Gasteiger partial charge < -0.3 is 10.5 Å². The Morgan fingerprint density at radius 3 is 2.84 bits per heavy atom. The van der Waals surface area contributed by atoms with E-state index in [0.717, 1.165) is 17.2 Å². The fourth-order valence-corrected chi connectivity index (χ4v) is 3.80. The molecule has 2 rings (SSSR count). The lowest BCUT2D eigenvalue weighted by Crippen LogP contribution is -2.46. The van der Waals surface area contributed by atoms with Crippen molar-refractivity contribution in [1.82, 2.24) is 0 Å². The Bertz CT molecular complexity index is 451. The standard InChI is InChI=1S/C14H18ClNO2S/c1-18-13(17)14(16)7-6-12(8-14)19-9-10-2-4-11(15)5-3-10/h2-5,12H,6-9,16H2,1H3. The van der Waals surface area contributed by atoms with Crippen molar-refractivity contribution in [2.45, 2.75) is 35.8 Å². The second-order valence-corrected chi connectivity index (χ2v) is 6.68. The number of methoxy groups -OCH3 is 1. The number of rotatable bonds is 4. The van der Waals surface area contributed by atoms with Gasteiger partial charge in [-0.1, -0.05) is 23.7 Å². The third-order valence-corrected chi connectivity index (χ3v) is 5.12. The first-order chi connectivity index (χ1) is 9.03. The van der Waals surface area contributed by atoms with E-state index in [-0.39, 0.29) is 5.97 Å². The van der Waals surface area contributed by atoms with Crippen molar-refractivity contribution in [3.63, 3.8) is 0 Å². The minimum atomic E-state index is -0.785. The van der Waals surface area contributed by atoms with Gasteiger partial charge in [0.25, 0.3) is 0 Å². The molecule has 0 radical (unpaired) electrons. The van der Waals surface area contributed by atoms with E-state index in [1.165, 1.54) is 12.7 Å². The van der Waals surface area contributed by atoms with Gasteiger partial charge in [-0.05, 0) is 37.0 Å². The zero-order valence-electron chi connectivity index (χ0n) is 10.9. The number of nitrogens with two attached hydrogens (primary N) is 1. The number of carbonyl (C=O) groups excluding carboxylic acids is 1. The number of hydrogen-bond acceptors (Lipinski definition) is 4. The van der Waals surface area contributed by atoms with Gasteiger partial charge >= 0.3 is 5.97 Å². The number of carbonyl (C=O) groups is 1. The van der Waals surface area contributed by atoms with Crippen LogP contribution in [0.2, 0.25) is 5.02 Å². The Morgan fingerprint density at radius 1 is 1.53 bits per heavy atom. The third kappa shape index (κ3) is 3.65. The largest absolute Gasteiger partial charge is 0.468 e. The first kappa shape index (κ1) is 14.7. The van der Waals surface area contributed by atoms with Crippen LogP contribution in [0.5, 0.6) is 0 Å². The molecule has 0 aromatic heterocycles. The number of hydrogen-bond donors (Lipinski definition) is 1. The van der Waals surface area contributed by atoms with Gasteiger partial charge in [0.1, 0.15) is 5.54 Å². The molecule has 0 saturated heterocycles. The summed E-state index contributed by atoms with van der Waals surface area (Å²) in [5.41, 5.74) is 6.54. The summed E-state index contributed by atoms with van der Waals surface area (Å²) in [4.78, 5) is 11.6. The van der Waals surface area contributed by atoms with Gasteiger partial charge in [-0.15, -0.1) is 0 Å². The number of thioether (sulfide) groups is 1. The van der Waals surface area contributed by atoms with Crippen molar-refractivity contribution in [3.05, 3.63) is 34.9 Å². The summed E-state index contributed by atoms with van der Waals surface area (Å²) >= 11 is 7.69. The molecule has 2 N–H and O–H groups in total. The molecular weight excluding hydrogens is 282 g/mol. The quantitative estimate of drug-likeness (QED) is 0.868. The fourth-order valence-electron chi connectivity index (χ4n) is 2.35. The summed E-state index contributed by atoms with van der Waals surface area (Å²) < 4.78 is 4.77. The minimum absolute atomic E-state index is 0.290. The van der Waals surface area contributed by atoms with Crippen LogP contribution in [-0.4, -0.2) is 23.9 Å². The topological polar surface area (TPSA) is 52.3 Å². The highest BCUT2D eigenvalue weighted by Crippen LogP contribution is 2.37. The van der Waals surface area contributed by atoms with E-state index in [2.05, 4.69) is 0 Å². The highest BCUT2D eigenvalue weighted by atomic mass is 35.5. The molecule has 19 heavy (non-hydrogen) atoms. The monoisotopic (exact) mass is 299 g/mol. The highest BCUT2D eigenvalue weighted by molar-refractivity contribution is 7.99. The molecule has 2 unspecified atom stereocenters. The summed E-state index contributed by atoms with van der Waals surface area (Å²) in [6, 6.07) is 7.85. The lowest BCUT2D eigenvalue weighted by Gasteiger charge is -2.20. The Labute approximate surface area is 122 Å². The van der Waals surface area contributed by atoms with Gasteiger partial charge in [-0.3, -0.25) is 4.79 Å². The van der Waals surface area contributed by atoms with Crippen molar-refractivity contribution >= 4 is 29.3 Å². The van der Waals surface area contributed by atoms with Crippen LogP contribution in [-0.2, 0) is 15.3 Å². The van der Waals surface area contributed by atoms with Crippen molar-refractivity contribution in [2.75, 3.05) is 7.11 Å². The highest BCUT2D eigenvalue weighted by Gasteiger charge is 2.42. The van der Waals surface area contributed by atoms with Crippen LogP contribution in [0.25, 0.3) is 0 Å². The Kier molecular flexibility index (Phi) is 4.76. The number of esters is 1. The molecule has 5 heteroatoms. The third-order valence-electron chi connectivity index (χ3n) is 3.50. The average Bonchev–Trinajstić information content (AvgIpc) is 2.80. The molecule has 1 aliphatic rings. The fraction of sp³-hybridized carbons (Fsp3) is 0.500. The van der Waals surface area contributed by atoms with Gasteiger partial charge in [0.15, 0.2) is 0 Å². The summed E-state index contributed by atoms with van der Waals surface area (Å²) in [5.74, 6) is 0.626. The second kappa shape index (κ2) is 6.16. The maximum absolute atomic E-state index is 11.6. The Morgan fingerprint density at radius 2 is 2.21 bits per heavy atom. The molecule has 1 aromatic carbocycles. The molecule has 0 heterocycles. The van der Waals surface area contributed by atoms with Crippen LogP contribution in [0.3, 0.4) is 0 Å². The zero-order chi connectivity index (χ0) is 13.9. The molecule has 1 saturated carbocycles. The first-order valence-electron chi connectivity index (χ1n) is 6.27. The number of ether oxygens (including phenoxy) is 1. The van der Waals surface area contributed by atoms with Crippen LogP contribution >= 0.6 is 23.4 Å². The van der Waals surface area contributed by atoms with Crippen LogP contribution in [0.15, 0.2) is 24.3 Å². The van der Waals surface area contributed by atoms with Crippen molar-refractivity contribution in [3.8, 4) is 0 Å². The second-order valence-electron chi connectivity index (χ2n) is 4.95. The molecule has 1 aromatic rings. The van der Waals surface area contributed by atoms with Gasteiger partial charge in [-0.2, -0.15) is 11.8 Å². The zero-order valence-corrected chi connectivity index (χ0v) is 12.5. The van der Waals surface area contributed by atoms with Crippen LogP contribution in [0.1, 0.15) is 24.8 Å².